The quantitative estimate of drug-likeness (QED) is 0.740. The van der Waals surface area contributed by atoms with Crippen LogP contribution in [0.1, 0.15) is 16.7 Å². The molecule has 1 aromatic rings. The Morgan fingerprint density at radius 2 is 2.21 bits per heavy atom. The van der Waals surface area contributed by atoms with E-state index in [0.717, 1.165) is 22.8 Å². The summed E-state index contributed by atoms with van der Waals surface area (Å²) in [6.07, 6.45) is 4.44. The fraction of sp³-hybridized carbons (Fsp3) is 0.0833. The van der Waals surface area contributed by atoms with Crippen LogP contribution in [0.5, 0.6) is 0 Å². The van der Waals surface area contributed by atoms with Gasteiger partial charge in [0.05, 0.1) is 0 Å². The van der Waals surface area contributed by atoms with Gasteiger partial charge in [-0.3, -0.25) is 0 Å². The van der Waals surface area contributed by atoms with E-state index in [1.807, 2.05) is 25.1 Å². The SMILES string of the molecule is C=Cc1cccc(C)c1C=CC(=O)O. The largest absolute Gasteiger partial charge is 0.478 e. The number of carbonyl (C=O) groups is 1. The molecule has 0 unspecified atom stereocenters. The van der Waals surface area contributed by atoms with Crippen molar-refractivity contribution in [1.29, 1.82) is 0 Å². The van der Waals surface area contributed by atoms with E-state index in [-0.39, 0.29) is 0 Å². The van der Waals surface area contributed by atoms with Crippen molar-refractivity contribution >= 4 is 18.1 Å². The molecule has 0 spiro atoms. The molecular formula is C12H12O2. The number of hydrogen-bond acceptors (Lipinski definition) is 1. The van der Waals surface area contributed by atoms with Crippen LogP contribution >= 0.6 is 0 Å². The van der Waals surface area contributed by atoms with Gasteiger partial charge < -0.3 is 5.11 Å². The zero-order chi connectivity index (χ0) is 10.6. The summed E-state index contributed by atoms with van der Waals surface area (Å²) in [6, 6.07) is 5.76. The summed E-state index contributed by atoms with van der Waals surface area (Å²) in [5, 5.41) is 8.52. The standard InChI is InChI=1S/C12H12O2/c1-3-10-6-4-5-9(2)11(10)7-8-12(13)14/h3-8H,1H2,2H3,(H,13,14). The lowest BCUT2D eigenvalue weighted by Gasteiger charge is -2.03. The highest BCUT2D eigenvalue weighted by Crippen LogP contribution is 2.16. The number of aryl methyl sites for hydroxylation is 1. The highest BCUT2D eigenvalue weighted by molar-refractivity contribution is 5.86. The van der Waals surface area contributed by atoms with E-state index in [0.29, 0.717) is 0 Å². The molecule has 1 N–H and O–H groups in total. The molecular weight excluding hydrogens is 176 g/mol. The minimum Gasteiger partial charge on any atom is -0.478 e. The molecule has 0 amide bonds. The van der Waals surface area contributed by atoms with E-state index >= 15 is 0 Å². The third kappa shape index (κ3) is 2.33. The normalized spacial score (nSPS) is 10.4. The maximum Gasteiger partial charge on any atom is 0.328 e. The second-order valence-corrected chi connectivity index (χ2v) is 2.95. The van der Waals surface area contributed by atoms with Gasteiger partial charge >= 0.3 is 5.97 Å². The third-order valence-corrected chi connectivity index (χ3v) is 1.97. The van der Waals surface area contributed by atoms with Gasteiger partial charge in [-0.25, -0.2) is 4.79 Å². The van der Waals surface area contributed by atoms with Crippen molar-refractivity contribution in [2.75, 3.05) is 0 Å². The molecule has 2 heteroatoms. The average molecular weight is 188 g/mol. The minimum atomic E-state index is -0.941. The van der Waals surface area contributed by atoms with Crippen molar-refractivity contribution in [3.05, 3.63) is 47.5 Å². The Morgan fingerprint density at radius 1 is 1.50 bits per heavy atom. The second kappa shape index (κ2) is 4.42. The predicted molar refractivity (Wildman–Crippen MR) is 57.9 cm³/mol. The molecule has 1 aromatic carbocycles. The molecule has 0 radical (unpaired) electrons. The fourth-order valence-corrected chi connectivity index (χ4v) is 1.26. The van der Waals surface area contributed by atoms with Crippen molar-refractivity contribution in [2.24, 2.45) is 0 Å². The van der Waals surface area contributed by atoms with Gasteiger partial charge in [0.2, 0.25) is 0 Å². The summed E-state index contributed by atoms with van der Waals surface area (Å²) in [5.41, 5.74) is 2.90. The summed E-state index contributed by atoms with van der Waals surface area (Å²) in [4.78, 5) is 10.4. The zero-order valence-electron chi connectivity index (χ0n) is 8.03. The van der Waals surface area contributed by atoms with E-state index in [1.165, 1.54) is 0 Å². The molecule has 0 saturated heterocycles. The molecule has 0 fully saturated rings. The Bertz CT molecular complexity index is 389. The van der Waals surface area contributed by atoms with E-state index in [1.54, 1.807) is 12.2 Å². The van der Waals surface area contributed by atoms with Gasteiger partial charge in [0.15, 0.2) is 0 Å². The van der Waals surface area contributed by atoms with Crippen LogP contribution in [0, 0.1) is 6.92 Å². The van der Waals surface area contributed by atoms with Gasteiger partial charge in [-0.15, -0.1) is 0 Å². The molecule has 0 aliphatic carbocycles. The lowest BCUT2D eigenvalue weighted by atomic mass is 10.0. The number of carboxylic acids is 1. The Kier molecular flexibility index (Phi) is 3.24. The van der Waals surface area contributed by atoms with Crippen molar-refractivity contribution in [2.45, 2.75) is 6.92 Å². The van der Waals surface area contributed by atoms with Gasteiger partial charge in [0, 0.05) is 6.08 Å². The smallest absolute Gasteiger partial charge is 0.328 e. The molecule has 14 heavy (non-hydrogen) atoms. The number of benzene rings is 1. The van der Waals surface area contributed by atoms with Gasteiger partial charge in [-0.05, 0) is 29.7 Å². The Labute approximate surface area is 83.2 Å². The lowest BCUT2D eigenvalue weighted by Crippen LogP contribution is -1.89. The molecule has 0 saturated carbocycles. The highest BCUT2D eigenvalue weighted by atomic mass is 16.4. The summed E-state index contributed by atoms with van der Waals surface area (Å²) in [7, 11) is 0. The molecule has 0 aromatic heterocycles. The van der Waals surface area contributed by atoms with Crippen LogP contribution in [0.15, 0.2) is 30.9 Å². The third-order valence-electron chi connectivity index (χ3n) is 1.97. The first-order valence-electron chi connectivity index (χ1n) is 4.28. The van der Waals surface area contributed by atoms with Gasteiger partial charge in [-0.1, -0.05) is 30.9 Å². The topological polar surface area (TPSA) is 37.3 Å². The number of hydrogen-bond donors (Lipinski definition) is 1. The molecule has 0 atom stereocenters. The molecule has 0 bridgehead atoms. The first-order valence-corrected chi connectivity index (χ1v) is 4.28. The van der Waals surface area contributed by atoms with E-state index in [2.05, 4.69) is 6.58 Å². The zero-order valence-corrected chi connectivity index (χ0v) is 8.03. The monoisotopic (exact) mass is 188 g/mol. The molecule has 2 nitrogen and oxygen atoms in total. The molecule has 1 rings (SSSR count). The molecule has 72 valence electrons. The van der Waals surface area contributed by atoms with E-state index in [4.69, 9.17) is 5.11 Å². The molecule has 0 aliphatic heterocycles. The van der Waals surface area contributed by atoms with Crippen LogP contribution in [0.25, 0.3) is 12.2 Å². The van der Waals surface area contributed by atoms with E-state index in [9.17, 15) is 4.79 Å². The van der Waals surface area contributed by atoms with Crippen molar-refractivity contribution in [1.82, 2.24) is 0 Å². The predicted octanol–water partition coefficient (Wildman–Crippen LogP) is 2.74. The average Bonchev–Trinajstić information content (AvgIpc) is 2.15. The van der Waals surface area contributed by atoms with Crippen molar-refractivity contribution in [3.63, 3.8) is 0 Å². The molecule has 0 heterocycles. The van der Waals surface area contributed by atoms with Crippen LogP contribution < -0.4 is 0 Å². The minimum absolute atomic E-state index is 0.907. The molecule has 0 aliphatic rings. The van der Waals surface area contributed by atoms with Crippen LogP contribution in [0.4, 0.5) is 0 Å². The summed E-state index contributed by atoms with van der Waals surface area (Å²) in [6.45, 7) is 5.62. The van der Waals surface area contributed by atoms with Crippen LogP contribution in [0.2, 0.25) is 0 Å². The van der Waals surface area contributed by atoms with Crippen LogP contribution in [0.3, 0.4) is 0 Å². The lowest BCUT2D eigenvalue weighted by molar-refractivity contribution is -0.131. The first-order chi connectivity index (χ1) is 6.65. The van der Waals surface area contributed by atoms with Gasteiger partial charge in [0.1, 0.15) is 0 Å². The van der Waals surface area contributed by atoms with Crippen molar-refractivity contribution < 1.29 is 9.90 Å². The number of aliphatic carboxylic acids is 1. The second-order valence-electron chi connectivity index (χ2n) is 2.95. The van der Waals surface area contributed by atoms with Crippen LogP contribution in [-0.2, 0) is 4.79 Å². The van der Waals surface area contributed by atoms with Crippen molar-refractivity contribution in [3.8, 4) is 0 Å². The maximum absolute atomic E-state index is 10.4. The van der Waals surface area contributed by atoms with Gasteiger partial charge in [-0.2, -0.15) is 0 Å². The fourth-order valence-electron chi connectivity index (χ4n) is 1.26. The van der Waals surface area contributed by atoms with Crippen LogP contribution in [-0.4, -0.2) is 11.1 Å². The van der Waals surface area contributed by atoms with E-state index < -0.39 is 5.97 Å². The maximum atomic E-state index is 10.4. The first kappa shape index (κ1) is 10.3. The Balaban J connectivity index is 3.17. The summed E-state index contributed by atoms with van der Waals surface area (Å²) >= 11 is 0. The summed E-state index contributed by atoms with van der Waals surface area (Å²) < 4.78 is 0. The summed E-state index contributed by atoms with van der Waals surface area (Å²) in [5.74, 6) is -0.941. The highest BCUT2D eigenvalue weighted by Gasteiger charge is 1.99. The number of rotatable bonds is 3. The van der Waals surface area contributed by atoms with Gasteiger partial charge in [0.25, 0.3) is 0 Å². The number of carboxylic acid groups (broad SMARTS) is 1. The Hall–Kier alpha value is -1.83. The Morgan fingerprint density at radius 3 is 2.79 bits per heavy atom.